The number of hydrogen-bond acceptors (Lipinski definition) is 5. The fraction of sp³-hybridized carbons (Fsp3) is 0. The van der Waals surface area contributed by atoms with E-state index in [4.69, 9.17) is 16.4 Å². The molecule has 0 heterocycles. The molecule has 2 aromatic carbocycles. The summed E-state index contributed by atoms with van der Waals surface area (Å²) in [5.41, 5.74) is 0.827. The minimum absolute atomic E-state index is 0.413. The average Bonchev–Trinajstić information content (AvgIpc) is 2.40. The molecule has 2 aromatic rings. The van der Waals surface area contributed by atoms with Crippen molar-refractivity contribution >= 4 is 11.4 Å². The summed E-state index contributed by atoms with van der Waals surface area (Å²) in [6.07, 6.45) is 0. The van der Waals surface area contributed by atoms with Gasteiger partial charge in [-0.15, -0.1) is 0 Å². The Morgan fingerprint density at radius 2 is 1.00 bits per heavy atom. The Morgan fingerprint density at radius 3 is 1.26 bits per heavy atom. The van der Waals surface area contributed by atoms with E-state index in [1.807, 2.05) is 0 Å². The Balaban J connectivity index is 2.08. The third-order valence-corrected chi connectivity index (χ3v) is 2.51. The van der Waals surface area contributed by atoms with Gasteiger partial charge in [-0.2, -0.15) is 11.7 Å². The molecular formula is C12H14N4O3. The molecule has 7 nitrogen and oxygen atoms in total. The molecule has 100 valence electrons. The van der Waals surface area contributed by atoms with E-state index in [2.05, 4.69) is 0 Å². The summed E-state index contributed by atoms with van der Waals surface area (Å²) in [5.74, 6) is 11.4. The van der Waals surface area contributed by atoms with Crippen LogP contribution in [0.2, 0.25) is 0 Å². The molecule has 19 heavy (non-hydrogen) atoms. The predicted molar refractivity (Wildman–Crippen MR) is 69.3 cm³/mol. The van der Waals surface area contributed by atoms with Gasteiger partial charge in [0.05, 0.1) is 0 Å². The van der Waals surface area contributed by atoms with E-state index in [9.17, 15) is 10.4 Å². The number of ether oxygens (including phenoxy) is 1. The fourth-order valence-electron chi connectivity index (χ4n) is 1.51. The maximum atomic E-state index is 10.9. The number of nitrogen functional groups attached to an aromatic ring is 2. The first-order valence-electron chi connectivity index (χ1n) is 5.54. The van der Waals surface area contributed by atoms with Gasteiger partial charge in [0, 0.05) is 24.3 Å². The van der Waals surface area contributed by atoms with Crippen LogP contribution >= 0.6 is 0 Å². The van der Waals surface area contributed by atoms with E-state index in [0.29, 0.717) is 22.9 Å². The van der Waals surface area contributed by atoms with Crippen molar-refractivity contribution in [1.29, 1.82) is 0 Å². The molecule has 7 heteroatoms. The summed E-state index contributed by atoms with van der Waals surface area (Å²) in [6.45, 7) is 0. The van der Waals surface area contributed by atoms with Gasteiger partial charge >= 0.3 is 0 Å². The monoisotopic (exact) mass is 262 g/mol. The molecule has 0 saturated heterocycles. The van der Waals surface area contributed by atoms with Crippen LogP contribution < -0.4 is 26.8 Å². The van der Waals surface area contributed by atoms with Gasteiger partial charge in [-0.05, 0) is 24.3 Å². The van der Waals surface area contributed by atoms with Crippen LogP contribution in [0.4, 0.5) is 11.4 Å². The van der Waals surface area contributed by atoms with Gasteiger partial charge in [-0.3, -0.25) is 10.3 Å². The van der Waals surface area contributed by atoms with Gasteiger partial charge in [0.1, 0.15) is 11.5 Å². The quantitative estimate of drug-likeness (QED) is 0.427. The SMILES string of the molecule is N[NH+]([O-])c1ccc(Oc2ccc([NH+](N)[O-])cc2)cc1. The number of nitrogens with two attached hydrogens (primary N) is 2. The number of benzene rings is 2. The largest absolute Gasteiger partial charge is 0.608 e. The lowest BCUT2D eigenvalue weighted by Crippen LogP contribution is -3.08. The first kappa shape index (κ1) is 13.4. The van der Waals surface area contributed by atoms with Crippen molar-refractivity contribution in [3.63, 3.8) is 0 Å². The summed E-state index contributed by atoms with van der Waals surface area (Å²) in [6, 6.07) is 12.9. The lowest BCUT2D eigenvalue weighted by molar-refractivity contribution is -0.789. The standard InChI is InChI=1S/C12H14N4O3/c13-15(17)9-1-5-11(6-2-9)19-12-7-3-10(4-8-12)16(14)18/h1-8,15-16H,13-14H2. The zero-order valence-electron chi connectivity index (χ0n) is 10.00. The lowest BCUT2D eigenvalue weighted by Gasteiger charge is -2.15. The van der Waals surface area contributed by atoms with E-state index in [1.165, 1.54) is 0 Å². The molecule has 0 saturated carbocycles. The number of rotatable bonds is 4. The third kappa shape index (κ3) is 3.48. The molecule has 0 fully saturated rings. The summed E-state index contributed by atoms with van der Waals surface area (Å²) < 4.78 is 5.54. The van der Waals surface area contributed by atoms with Crippen LogP contribution in [0, 0.1) is 10.4 Å². The summed E-state index contributed by atoms with van der Waals surface area (Å²) in [5, 5.41) is 20.8. The molecule has 6 N–H and O–H groups in total. The van der Waals surface area contributed by atoms with E-state index in [-0.39, 0.29) is 0 Å². The van der Waals surface area contributed by atoms with Crippen molar-refractivity contribution in [3.8, 4) is 11.5 Å². The van der Waals surface area contributed by atoms with Gasteiger partial charge in [-0.1, -0.05) is 0 Å². The van der Waals surface area contributed by atoms with Crippen molar-refractivity contribution in [2.24, 2.45) is 11.7 Å². The maximum absolute atomic E-state index is 10.9. The molecule has 0 aliphatic carbocycles. The Hall–Kier alpha value is -2.00. The van der Waals surface area contributed by atoms with E-state index >= 15 is 0 Å². The molecule has 0 radical (unpaired) electrons. The molecule has 2 atom stereocenters. The second-order valence-corrected chi connectivity index (χ2v) is 3.88. The Kier molecular flexibility index (Phi) is 4.07. The van der Waals surface area contributed by atoms with Crippen LogP contribution in [-0.4, -0.2) is 0 Å². The Morgan fingerprint density at radius 1 is 0.684 bits per heavy atom. The molecule has 0 aromatic heterocycles. The van der Waals surface area contributed by atoms with Crippen LogP contribution in [0.25, 0.3) is 0 Å². The van der Waals surface area contributed by atoms with Gasteiger partial charge in [0.15, 0.2) is 11.4 Å². The minimum Gasteiger partial charge on any atom is -0.608 e. The highest BCUT2D eigenvalue weighted by Crippen LogP contribution is 2.22. The topological polar surface area (TPSA) is 116 Å². The van der Waals surface area contributed by atoms with Gasteiger partial charge < -0.3 is 15.2 Å². The van der Waals surface area contributed by atoms with Crippen molar-refractivity contribution in [1.82, 2.24) is 0 Å². The second-order valence-electron chi connectivity index (χ2n) is 3.88. The summed E-state index contributed by atoms with van der Waals surface area (Å²) in [7, 11) is 0. The minimum atomic E-state index is -0.489. The summed E-state index contributed by atoms with van der Waals surface area (Å²) >= 11 is 0. The normalized spacial score (nSPS) is 13.9. The van der Waals surface area contributed by atoms with Crippen molar-refractivity contribution < 1.29 is 15.1 Å². The van der Waals surface area contributed by atoms with Crippen LogP contribution in [0.1, 0.15) is 0 Å². The highest BCUT2D eigenvalue weighted by molar-refractivity contribution is 5.40. The molecule has 0 spiro atoms. The second kappa shape index (κ2) is 5.76. The smallest absolute Gasteiger partial charge is 0.150 e. The van der Waals surface area contributed by atoms with Gasteiger partial charge in [0.25, 0.3) is 0 Å². The fourth-order valence-corrected chi connectivity index (χ4v) is 1.51. The van der Waals surface area contributed by atoms with Crippen LogP contribution in [0.5, 0.6) is 11.5 Å². The highest BCUT2D eigenvalue weighted by atomic mass is 16.5. The first-order chi connectivity index (χ1) is 9.06. The van der Waals surface area contributed by atoms with Crippen LogP contribution in [0.15, 0.2) is 48.5 Å². The number of quaternary nitrogens is 2. The molecule has 2 unspecified atom stereocenters. The van der Waals surface area contributed by atoms with Gasteiger partial charge in [-0.25, -0.2) is 0 Å². The molecule has 0 amide bonds. The van der Waals surface area contributed by atoms with E-state index in [1.54, 1.807) is 48.5 Å². The predicted octanol–water partition coefficient (Wildman–Crippen LogP) is -0.745. The van der Waals surface area contributed by atoms with Crippen molar-refractivity contribution in [3.05, 3.63) is 58.9 Å². The van der Waals surface area contributed by atoms with Crippen LogP contribution in [-0.2, 0) is 0 Å². The van der Waals surface area contributed by atoms with E-state index in [0.717, 1.165) is 0 Å². The first-order valence-corrected chi connectivity index (χ1v) is 5.54. The molecule has 0 aliphatic rings. The lowest BCUT2D eigenvalue weighted by atomic mass is 10.3. The van der Waals surface area contributed by atoms with E-state index < -0.39 is 10.3 Å². The summed E-state index contributed by atoms with van der Waals surface area (Å²) in [4.78, 5) is 0. The molecule has 0 bridgehead atoms. The number of hydrogen-bond donors (Lipinski definition) is 4. The Labute approximate surface area is 109 Å². The van der Waals surface area contributed by atoms with Crippen LogP contribution in [0.3, 0.4) is 0 Å². The van der Waals surface area contributed by atoms with Gasteiger partial charge in [0.2, 0.25) is 0 Å². The van der Waals surface area contributed by atoms with Crippen molar-refractivity contribution in [2.45, 2.75) is 0 Å². The van der Waals surface area contributed by atoms with Crippen molar-refractivity contribution in [2.75, 3.05) is 0 Å². The Bertz CT molecular complexity index is 476. The molecule has 0 aliphatic heterocycles. The third-order valence-electron chi connectivity index (χ3n) is 2.51. The average molecular weight is 262 g/mol. The maximum Gasteiger partial charge on any atom is 0.150 e. The highest BCUT2D eigenvalue weighted by Gasteiger charge is 2.02. The zero-order chi connectivity index (χ0) is 13.8. The molecular weight excluding hydrogens is 248 g/mol. The zero-order valence-corrected chi connectivity index (χ0v) is 10.00. The molecule has 2 rings (SSSR count). The number of nitrogens with one attached hydrogen (secondary N) is 2.